The zero-order valence-corrected chi connectivity index (χ0v) is 13.3. The summed E-state index contributed by atoms with van der Waals surface area (Å²) in [7, 11) is 0. The number of thiophene rings is 1. The molecule has 0 unspecified atom stereocenters. The molecular weight excluding hydrogens is 334 g/mol. The van der Waals surface area contributed by atoms with Crippen LogP contribution in [-0.2, 0) is 13.0 Å². The predicted molar refractivity (Wildman–Crippen MR) is 87.2 cm³/mol. The number of rotatable bonds is 1. The molecule has 3 heterocycles. The zero-order valence-electron chi connectivity index (χ0n) is 12.4. The molecule has 3 aromatic rings. The second-order valence-electron chi connectivity index (χ2n) is 5.69. The van der Waals surface area contributed by atoms with E-state index in [9.17, 15) is 18.4 Å². The van der Waals surface area contributed by atoms with Crippen molar-refractivity contribution in [1.29, 1.82) is 0 Å². The molecular formula is C17H12F2N2O2S. The van der Waals surface area contributed by atoms with Crippen LogP contribution in [0.5, 0.6) is 0 Å². The van der Waals surface area contributed by atoms with Crippen molar-refractivity contribution >= 4 is 28.1 Å². The third-order valence-electron chi connectivity index (χ3n) is 4.23. The van der Waals surface area contributed by atoms with Crippen LogP contribution in [0.25, 0.3) is 10.9 Å². The lowest BCUT2D eigenvalue weighted by molar-refractivity contribution is 0.0734. The van der Waals surface area contributed by atoms with Crippen LogP contribution in [0.1, 0.15) is 20.8 Å². The number of fused-ring (bicyclic) bond motifs is 2. The maximum atomic E-state index is 13.7. The molecule has 1 N–H and O–H groups in total. The van der Waals surface area contributed by atoms with Crippen molar-refractivity contribution in [3.05, 3.63) is 67.6 Å². The molecule has 0 spiro atoms. The average Bonchev–Trinajstić information content (AvgIpc) is 3.03. The Morgan fingerprint density at radius 2 is 2.12 bits per heavy atom. The first kappa shape index (κ1) is 15.0. The number of benzene rings is 1. The van der Waals surface area contributed by atoms with Gasteiger partial charge in [-0.2, -0.15) is 0 Å². The number of nitrogens with one attached hydrogen (secondary N) is 1. The van der Waals surface area contributed by atoms with Crippen molar-refractivity contribution in [3.8, 4) is 0 Å². The number of H-pyrrole nitrogens is 1. The molecule has 0 radical (unpaired) electrons. The molecule has 4 rings (SSSR count). The van der Waals surface area contributed by atoms with Crippen molar-refractivity contribution < 1.29 is 13.6 Å². The lowest BCUT2D eigenvalue weighted by Crippen LogP contribution is -2.37. The maximum Gasteiger partial charge on any atom is 0.259 e. The largest absolute Gasteiger partial charge is 0.358 e. The van der Waals surface area contributed by atoms with Crippen molar-refractivity contribution in [3.63, 3.8) is 0 Å². The number of nitrogens with zero attached hydrogens (tertiary/aromatic N) is 1. The van der Waals surface area contributed by atoms with Crippen LogP contribution in [0.2, 0.25) is 0 Å². The lowest BCUT2D eigenvalue weighted by Gasteiger charge is -2.26. The molecule has 0 atom stereocenters. The fourth-order valence-corrected chi connectivity index (χ4v) is 3.90. The molecule has 7 heteroatoms. The van der Waals surface area contributed by atoms with Crippen LogP contribution in [0.15, 0.2) is 34.6 Å². The Balaban J connectivity index is 1.76. The smallest absolute Gasteiger partial charge is 0.259 e. The van der Waals surface area contributed by atoms with E-state index in [1.807, 2.05) is 11.4 Å². The van der Waals surface area contributed by atoms with Gasteiger partial charge in [0, 0.05) is 30.2 Å². The van der Waals surface area contributed by atoms with Gasteiger partial charge in [-0.3, -0.25) is 9.59 Å². The molecule has 0 aliphatic carbocycles. The highest BCUT2D eigenvalue weighted by atomic mass is 32.1. The third kappa shape index (κ3) is 2.32. The first-order valence-corrected chi connectivity index (χ1v) is 8.27. The summed E-state index contributed by atoms with van der Waals surface area (Å²) < 4.78 is 27.1. The van der Waals surface area contributed by atoms with Gasteiger partial charge in [0.25, 0.3) is 5.91 Å². The highest BCUT2D eigenvalue weighted by molar-refractivity contribution is 7.10. The van der Waals surface area contributed by atoms with E-state index in [0.29, 0.717) is 19.2 Å². The summed E-state index contributed by atoms with van der Waals surface area (Å²) in [6, 6.07) is 3.61. The molecule has 1 aliphatic rings. The molecule has 24 heavy (non-hydrogen) atoms. The lowest BCUT2D eigenvalue weighted by atomic mass is 10.1. The quantitative estimate of drug-likeness (QED) is 0.736. The SMILES string of the molecule is O=C(c1c[nH]c2c(F)cc(F)cc2c1=O)N1CCc2sccc2C1. The highest BCUT2D eigenvalue weighted by Crippen LogP contribution is 2.25. The van der Waals surface area contributed by atoms with Gasteiger partial charge in [-0.15, -0.1) is 11.3 Å². The second-order valence-corrected chi connectivity index (χ2v) is 6.69. The molecule has 0 fully saturated rings. The van der Waals surface area contributed by atoms with Crippen LogP contribution in [0.3, 0.4) is 0 Å². The number of hydrogen-bond donors (Lipinski definition) is 1. The van der Waals surface area contributed by atoms with Crippen molar-refractivity contribution in [2.75, 3.05) is 6.54 Å². The van der Waals surface area contributed by atoms with Crippen molar-refractivity contribution in [2.45, 2.75) is 13.0 Å². The highest BCUT2D eigenvalue weighted by Gasteiger charge is 2.25. The van der Waals surface area contributed by atoms with E-state index in [4.69, 9.17) is 0 Å². The van der Waals surface area contributed by atoms with Crippen LogP contribution in [0, 0.1) is 11.6 Å². The first-order valence-electron chi connectivity index (χ1n) is 7.39. The van der Waals surface area contributed by atoms with Crippen molar-refractivity contribution in [1.82, 2.24) is 9.88 Å². The number of pyridine rings is 1. The molecule has 2 aromatic heterocycles. The Morgan fingerprint density at radius 3 is 2.96 bits per heavy atom. The minimum Gasteiger partial charge on any atom is -0.358 e. The summed E-state index contributed by atoms with van der Waals surface area (Å²) in [5.41, 5.74) is 0.208. The van der Waals surface area contributed by atoms with Gasteiger partial charge >= 0.3 is 0 Å². The summed E-state index contributed by atoms with van der Waals surface area (Å²) in [6.45, 7) is 0.952. The zero-order chi connectivity index (χ0) is 16.8. The number of carbonyl (C=O) groups excluding carboxylic acids is 1. The van der Waals surface area contributed by atoms with E-state index in [0.717, 1.165) is 18.1 Å². The molecule has 122 valence electrons. The molecule has 0 bridgehead atoms. The fraction of sp³-hybridized carbons (Fsp3) is 0.176. The Bertz CT molecular complexity index is 1030. The predicted octanol–water partition coefficient (Wildman–Crippen LogP) is 3.07. The maximum absolute atomic E-state index is 13.7. The van der Waals surface area contributed by atoms with E-state index >= 15 is 0 Å². The van der Waals surface area contributed by atoms with Crippen LogP contribution >= 0.6 is 11.3 Å². The topological polar surface area (TPSA) is 53.2 Å². The number of aromatic amines is 1. The monoisotopic (exact) mass is 346 g/mol. The normalized spacial score (nSPS) is 14.0. The van der Waals surface area contributed by atoms with Gasteiger partial charge in [-0.1, -0.05) is 0 Å². The average molecular weight is 346 g/mol. The van der Waals surface area contributed by atoms with E-state index < -0.39 is 23.0 Å². The number of aromatic nitrogens is 1. The van der Waals surface area contributed by atoms with E-state index in [1.54, 1.807) is 16.2 Å². The Labute approximate surface area is 139 Å². The minimum absolute atomic E-state index is 0.100. The number of carbonyl (C=O) groups is 1. The summed E-state index contributed by atoms with van der Waals surface area (Å²) in [5.74, 6) is -2.14. The van der Waals surface area contributed by atoms with Gasteiger partial charge in [0.1, 0.15) is 17.2 Å². The summed E-state index contributed by atoms with van der Waals surface area (Å²) in [5, 5.41) is 1.82. The molecule has 4 nitrogen and oxygen atoms in total. The number of hydrogen-bond acceptors (Lipinski definition) is 3. The number of halogens is 2. The van der Waals surface area contributed by atoms with Crippen molar-refractivity contribution in [2.24, 2.45) is 0 Å². The molecule has 0 saturated heterocycles. The third-order valence-corrected chi connectivity index (χ3v) is 5.25. The van der Waals surface area contributed by atoms with Crippen LogP contribution in [0.4, 0.5) is 8.78 Å². The molecule has 1 aromatic carbocycles. The van der Waals surface area contributed by atoms with Crippen LogP contribution < -0.4 is 5.43 Å². The van der Waals surface area contributed by atoms with Gasteiger partial charge < -0.3 is 9.88 Å². The van der Waals surface area contributed by atoms with Gasteiger partial charge in [0.15, 0.2) is 0 Å². The van der Waals surface area contributed by atoms with E-state index in [2.05, 4.69) is 4.98 Å². The first-order chi connectivity index (χ1) is 11.5. The summed E-state index contributed by atoms with van der Waals surface area (Å²) in [4.78, 5) is 30.6. The summed E-state index contributed by atoms with van der Waals surface area (Å²) >= 11 is 1.65. The molecule has 1 aliphatic heterocycles. The molecule has 1 amide bonds. The number of amides is 1. The van der Waals surface area contributed by atoms with Crippen LogP contribution in [-0.4, -0.2) is 22.3 Å². The standard InChI is InChI=1S/C17H12F2N2O2S/c18-10-5-11-15(13(19)6-10)20-7-12(16(11)22)17(23)21-3-1-14-9(8-21)2-4-24-14/h2,4-7H,1,3,8H2,(H,20,22). The fourth-order valence-electron chi connectivity index (χ4n) is 3.01. The Kier molecular flexibility index (Phi) is 3.45. The van der Waals surface area contributed by atoms with Gasteiger partial charge in [-0.05, 0) is 29.5 Å². The molecule has 0 saturated carbocycles. The van der Waals surface area contributed by atoms with Gasteiger partial charge in [-0.25, -0.2) is 8.78 Å². The van der Waals surface area contributed by atoms with E-state index in [-0.39, 0.29) is 16.5 Å². The van der Waals surface area contributed by atoms with Gasteiger partial charge in [0.2, 0.25) is 5.43 Å². The minimum atomic E-state index is -0.859. The van der Waals surface area contributed by atoms with Gasteiger partial charge in [0.05, 0.1) is 10.9 Å². The summed E-state index contributed by atoms with van der Waals surface area (Å²) in [6.07, 6.45) is 1.95. The van der Waals surface area contributed by atoms with E-state index in [1.165, 1.54) is 11.1 Å². The Morgan fingerprint density at radius 1 is 1.29 bits per heavy atom. The Hall–Kier alpha value is -2.54. The second kappa shape index (κ2) is 5.52.